The second-order valence-electron chi connectivity index (χ2n) is 4.66. The minimum Gasteiger partial charge on any atom is -0.486 e. The highest BCUT2D eigenvalue weighted by Crippen LogP contribution is 2.32. The van der Waals surface area contributed by atoms with Gasteiger partial charge in [0.2, 0.25) is 0 Å². The number of ether oxygens (including phenoxy) is 2. The van der Waals surface area contributed by atoms with Gasteiger partial charge in [-0.05, 0) is 36.8 Å². The van der Waals surface area contributed by atoms with Crippen molar-refractivity contribution < 1.29 is 14.3 Å². The Labute approximate surface area is 122 Å². The van der Waals surface area contributed by atoms with Crippen molar-refractivity contribution in [3.63, 3.8) is 0 Å². The summed E-state index contributed by atoms with van der Waals surface area (Å²) in [5.74, 6) is 1.82. The van der Waals surface area contributed by atoms with Gasteiger partial charge in [-0.25, -0.2) is 9.78 Å². The first-order chi connectivity index (χ1) is 10.2. The molecule has 0 unspecified atom stereocenters. The van der Waals surface area contributed by atoms with Crippen LogP contribution < -0.4 is 20.1 Å². The molecule has 2 aromatic rings. The maximum atomic E-state index is 11.9. The molecule has 108 valence electrons. The Hall–Kier alpha value is -2.76. The van der Waals surface area contributed by atoms with Crippen molar-refractivity contribution in [3.8, 4) is 11.5 Å². The van der Waals surface area contributed by atoms with Crippen LogP contribution in [-0.2, 0) is 0 Å². The molecule has 0 aliphatic carbocycles. The van der Waals surface area contributed by atoms with Gasteiger partial charge < -0.3 is 14.8 Å². The molecule has 3 rings (SSSR count). The molecule has 2 heterocycles. The van der Waals surface area contributed by atoms with Crippen LogP contribution in [0, 0.1) is 6.92 Å². The predicted octanol–water partition coefficient (Wildman–Crippen LogP) is 2.81. The normalized spacial score (nSPS) is 12.6. The third kappa shape index (κ3) is 3.22. The number of pyridine rings is 1. The molecule has 6 nitrogen and oxygen atoms in total. The SMILES string of the molecule is Cc1ccnc(NC(=O)Nc2ccc3c(c2)OCCO3)c1. The van der Waals surface area contributed by atoms with Crippen LogP contribution in [0.15, 0.2) is 36.5 Å². The van der Waals surface area contributed by atoms with Crippen molar-refractivity contribution in [2.24, 2.45) is 0 Å². The second-order valence-corrected chi connectivity index (χ2v) is 4.66. The fraction of sp³-hybridized carbons (Fsp3) is 0.200. The van der Waals surface area contributed by atoms with E-state index in [0.29, 0.717) is 36.2 Å². The summed E-state index contributed by atoms with van der Waals surface area (Å²) in [5.41, 5.74) is 1.66. The fourth-order valence-corrected chi connectivity index (χ4v) is 2.00. The summed E-state index contributed by atoms with van der Waals surface area (Å²) in [5, 5.41) is 5.41. The summed E-state index contributed by atoms with van der Waals surface area (Å²) >= 11 is 0. The molecular weight excluding hydrogens is 270 g/mol. The minimum absolute atomic E-state index is 0.357. The highest BCUT2D eigenvalue weighted by Gasteiger charge is 2.12. The molecule has 0 spiro atoms. The number of amides is 2. The van der Waals surface area contributed by atoms with E-state index in [1.165, 1.54) is 0 Å². The van der Waals surface area contributed by atoms with E-state index < -0.39 is 0 Å². The van der Waals surface area contributed by atoms with E-state index in [9.17, 15) is 4.79 Å². The lowest BCUT2D eigenvalue weighted by Gasteiger charge is -2.19. The number of aromatic nitrogens is 1. The molecular formula is C15H15N3O3. The number of carbonyl (C=O) groups is 1. The average Bonchev–Trinajstić information content (AvgIpc) is 2.47. The van der Waals surface area contributed by atoms with Crippen LogP contribution in [0.5, 0.6) is 11.5 Å². The largest absolute Gasteiger partial charge is 0.486 e. The first-order valence-corrected chi connectivity index (χ1v) is 6.61. The molecule has 0 fully saturated rings. The lowest BCUT2D eigenvalue weighted by atomic mass is 10.2. The molecule has 1 aliphatic rings. The van der Waals surface area contributed by atoms with E-state index in [2.05, 4.69) is 15.6 Å². The molecule has 21 heavy (non-hydrogen) atoms. The van der Waals surface area contributed by atoms with Gasteiger partial charge in [-0.15, -0.1) is 0 Å². The Balaban J connectivity index is 1.67. The van der Waals surface area contributed by atoms with Crippen LogP contribution in [0.1, 0.15) is 5.56 Å². The smallest absolute Gasteiger partial charge is 0.324 e. The van der Waals surface area contributed by atoms with Gasteiger partial charge in [0.25, 0.3) is 0 Å². The van der Waals surface area contributed by atoms with Crippen molar-refractivity contribution in [1.29, 1.82) is 0 Å². The van der Waals surface area contributed by atoms with Gasteiger partial charge in [0.1, 0.15) is 19.0 Å². The van der Waals surface area contributed by atoms with Gasteiger partial charge in [0.05, 0.1) is 0 Å². The Morgan fingerprint density at radius 3 is 2.71 bits per heavy atom. The van der Waals surface area contributed by atoms with Gasteiger partial charge in [-0.3, -0.25) is 5.32 Å². The molecule has 2 N–H and O–H groups in total. The van der Waals surface area contributed by atoms with Gasteiger partial charge in [-0.1, -0.05) is 0 Å². The lowest BCUT2D eigenvalue weighted by Crippen LogP contribution is -2.20. The number of urea groups is 1. The quantitative estimate of drug-likeness (QED) is 0.890. The van der Waals surface area contributed by atoms with Crippen LogP contribution in [0.2, 0.25) is 0 Å². The molecule has 2 amide bonds. The molecule has 0 radical (unpaired) electrons. The minimum atomic E-state index is -0.357. The van der Waals surface area contributed by atoms with Crippen LogP contribution >= 0.6 is 0 Å². The number of fused-ring (bicyclic) bond motifs is 1. The standard InChI is InChI=1S/C15H15N3O3/c1-10-4-5-16-14(8-10)18-15(19)17-11-2-3-12-13(9-11)21-7-6-20-12/h2-5,8-9H,6-7H2,1H3,(H2,16,17,18,19). The monoisotopic (exact) mass is 285 g/mol. The summed E-state index contributed by atoms with van der Waals surface area (Å²) in [6, 6.07) is 8.57. The highest BCUT2D eigenvalue weighted by atomic mass is 16.6. The number of benzene rings is 1. The maximum Gasteiger partial charge on any atom is 0.324 e. The molecule has 0 atom stereocenters. The average molecular weight is 285 g/mol. The molecule has 1 aliphatic heterocycles. The zero-order valence-electron chi connectivity index (χ0n) is 11.6. The second kappa shape index (κ2) is 5.70. The highest BCUT2D eigenvalue weighted by molar-refractivity contribution is 5.99. The fourth-order valence-electron chi connectivity index (χ4n) is 2.00. The van der Waals surface area contributed by atoms with Crippen LogP contribution in [0.25, 0.3) is 0 Å². The predicted molar refractivity (Wildman–Crippen MR) is 79.0 cm³/mol. The lowest BCUT2D eigenvalue weighted by molar-refractivity contribution is 0.171. The summed E-state index contributed by atoms with van der Waals surface area (Å²) < 4.78 is 10.9. The number of hydrogen-bond donors (Lipinski definition) is 2. The van der Waals surface area contributed by atoms with Gasteiger partial charge in [-0.2, -0.15) is 0 Å². The van der Waals surface area contributed by atoms with Crippen molar-refractivity contribution >= 4 is 17.5 Å². The first-order valence-electron chi connectivity index (χ1n) is 6.61. The summed E-state index contributed by atoms with van der Waals surface area (Å²) in [6.45, 7) is 2.99. The van der Waals surface area contributed by atoms with Crippen molar-refractivity contribution in [2.75, 3.05) is 23.8 Å². The topological polar surface area (TPSA) is 72.5 Å². The van der Waals surface area contributed by atoms with E-state index in [0.717, 1.165) is 5.56 Å². The maximum absolute atomic E-state index is 11.9. The molecule has 0 bridgehead atoms. The first kappa shape index (κ1) is 13.2. The molecule has 0 saturated heterocycles. The zero-order chi connectivity index (χ0) is 14.7. The number of nitrogens with zero attached hydrogens (tertiary/aromatic N) is 1. The Morgan fingerprint density at radius 1 is 1.10 bits per heavy atom. The van der Waals surface area contributed by atoms with E-state index >= 15 is 0 Å². The van der Waals surface area contributed by atoms with Crippen LogP contribution in [0.3, 0.4) is 0 Å². The van der Waals surface area contributed by atoms with Gasteiger partial charge in [0.15, 0.2) is 11.5 Å². The number of anilines is 2. The van der Waals surface area contributed by atoms with Crippen LogP contribution in [0.4, 0.5) is 16.3 Å². The number of hydrogen-bond acceptors (Lipinski definition) is 4. The van der Waals surface area contributed by atoms with E-state index in [1.807, 2.05) is 13.0 Å². The van der Waals surface area contributed by atoms with Gasteiger partial charge >= 0.3 is 6.03 Å². The summed E-state index contributed by atoms with van der Waals surface area (Å²) in [7, 11) is 0. The molecule has 6 heteroatoms. The van der Waals surface area contributed by atoms with Crippen molar-refractivity contribution in [3.05, 3.63) is 42.1 Å². The number of rotatable bonds is 2. The number of carbonyl (C=O) groups excluding carboxylic acids is 1. The third-order valence-electron chi connectivity index (χ3n) is 2.96. The number of aryl methyl sites for hydroxylation is 1. The van der Waals surface area contributed by atoms with Gasteiger partial charge in [0, 0.05) is 18.0 Å². The molecule has 0 saturated carbocycles. The zero-order valence-corrected chi connectivity index (χ0v) is 11.6. The van der Waals surface area contributed by atoms with Crippen molar-refractivity contribution in [1.82, 2.24) is 4.98 Å². The summed E-state index contributed by atoms with van der Waals surface area (Å²) in [6.07, 6.45) is 1.65. The van der Waals surface area contributed by atoms with Crippen molar-refractivity contribution in [2.45, 2.75) is 6.92 Å². The number of nitrogens with one attached hydrogen (secondary N) is 2. The molecule has 1 aromatic heterocycles. The van der Waals surface area contributed by atoms with E-state index in [1.54, 1.807) is 30.5 Å². The van der Waals surface area contributed by atoms with E-state index in [-0.39, 0.29) is 6.03 Å². The van der Waals surface area contributed by atoms with Crippen LogP contribution in [-0.4, -0.2) is 24.2 Å². The Morgan fingerprint density at radius 2 is 1.90 bits per heavy atom. The summed E-state index contributed by atoms with van der Waals surface area (Å²) in [4.78, 5) is 16.0. The Bertz CT molecular complexity index is 673. The Kier molecular flexibility index (Phi) is 3.59. The third-order valence-corrected chi connectivity index (χ3v) is 2.96. The molecule has 1 aromatic carbocycles. The van der Waals surface area contributed by atoms with E-state index in [4.69, 9.17) is 9.47 Å².